The molecule has 2 N–H and O–H groups in total. The number of aliphatic carboxylic acids is 1. The summed E-state index contributed by atoms with van der Waals surface area (Å²) in [6.07, 6.45) is 7.37. The zero-order valence-corrected chi connectivity index (χ0v) is 26.2. The van der Waals surface area contributed by atoms with Crippen molar-refractivity contribution in [3.8, 4) is 0 Å². The van der Waals surface area contributed by atoms with Crippen LogP contribution in [0.25, 0.3) is 0 Å². The number of carboxylic acids is 1. The van der Waals surface area contributed by atoms with E-state index in [2.05, 4.69) is 12.2 Å². The molecule has 0 heterocycles. The standard InChI is InChI=1S/C33H47NO9/c1-19(2)16-26(30(40)41)34-28(38)8-9-29(39)42-18-27(37)33(43-20(3)35)15-12-25-23-7-6-21-17-22(36)10-13-31(21,4)24(23)11-14-32(25,33)5/h17,19,23-26H,6-16,18H2,1-5H3,(H,34,38)(H,40,41)/t23-,24+,25-,26-,31+,32+,33+/m1/s1. The Morgan fingerprint density at radius 2 is 1.70 bits per heavy atom. The molecule has 0 unspecified atom stereocenters. The second-order valence-corrected chi connectivity index (χ2v) is 14.1. The van der Waals surface area contributed by atoms with Crippen molar-refractivity contribution in [2.45, 2.75) is 117 Å². The van der Waals surface area contributed by atoms with Crippen molar-refractivity contribution in [2.75, 3.05) is 6.61 Å². The monoisotopic (exact) mass is 601 g/mol. The van der Waals surface area contributed by atoms with Gasteiger partial charge in [0.2, 0.25) is 11.7 Å². The third-order valence-corrected chi connectivity index (χ3v) is 11.1. The first-order valence-electron chi connectivity index (χ1n) is 15.8. The molecule has 0 radical (unpaired) electrons. The number of carbonyl (C=O) groups excluding carboxylic acids is 5. The molecule has 0 bridgehead atoms. The third-order valence-electron chi connectivity index (χ3n) is 11.1. The lowest BCUT2D eigenvalue weighted by Gasteiger charge is -2.59. The molecule has 0 aliphatic heterocycles. The molecule has 238 valence electrons. The van der Waals surface area contributed by atoms with Crippen molar-refractivity contribution in [1.29, 1.82) is 0 Å². The third kappa shape index (κ3) is 6.29. The summed E-state index contributed by atoms with van der Waals surface area (Å²) in [5.74, 6) is -2.34. The second kappa shape index (κ2) is 12.5. The lowest BCUT2D eigenvalue weighted by molar-refractivity contribution is -0.191. The highest BCUT2D eigenvalue weighted by Crippen LogP contribution is 2.68. The maximum atomic E-state index is 13.9. The van der Waals surface area contributed by atoms with Crippen LogP contribution in [-0.2, 0) is 38.2 Å². The molecule has 0 aromatic rings. The van der Waals surface area contributed by atoms with Crippen LogP contribution >= 0.6 is 0 Å². The summed E-state index contributed by atoms with van der Waals surface area (Å²) in [7, 11) is 0. The summed E-state index contributed by atoms with van der Waals surface area (Å²) in [6, 6.07) is -1.05. The van der Waals surface area contributed by atoms with E-state index >= 15 is 0 Å². The van der Waals surface area contributed by atoms with E-state index in [0.29, 0.717) is 31.1 Å². The Labute approximate surface area is 253 Å². The van der Waals surface area contributed by atoms with Gasteiger partial charge in [-0.25, -0.2) is 4.79 Å². The van der Waals surface area contributed by atoms with Gasteiger partial charge >= 0.3 is 17.9 Å². The largest absolute Gasteiger partial charge is 0.480 e. The van der Waals surface area contributed by atoms with Crippen molar-refractivity contribution in [2.24, 2.45) is 34.5 Å². The first-order chi connectivity index (χ1) is 20.1. The average molecular weight is 602 g/mol. The van der Waals surface area contributed by atoms with Gasteiger partial charge in [0.15, 0.2) is 18.0 Å². The van der Waals surface area contributed by atoms with Crippen LogP contribution in [0.1, 0.15) is 105 Å². The van der Waals surface area contributed by atoms with Crippen LogP contribution in [0.2, 0.25) is 0 Å². The van der Waals surface area contributed by atoms with Gasteiger partial charge < -0.3 is 19.9 Å². The SMILES string of the molecule is CC(=O)O[C@]1(C(=O)COC(=O)CCC(=O)N[C@H](CC(C)C)C(=O)O)CC[C@@H]2[C@@H]3CCC4=CC(=O)CC[C@]4(C)[C@H]3CC[C@@]21C. The lowest BCUT2D eigenvalue weighted by atomic mass is 9.46. The number of esters is 2. The fourth-order valence-corrected chi connectivity index (χ4v) is 9.00. The maximum Gasteiger partial charge on any atom is 0.326 e. The molecule has 0 saturated heterocycles. The number of amides is 1. The number of nitrogens with one attached hydrogen (secondary N) is 1. The zero-order chi connectivity index (χ0) is 31.7. The van der Waals surface area contributed by atoms with Gasteiger partial charge in [-0.15, -0.1) is 0 Å². The fraction of sp³-hybridized carbons (Fsp3) is 0.758. The minimum Gasteiger partial charge on any atom is -0.480 e. The van der Waals surface area contributed by atoms with Crippen molar-refractivity contribution < 1.29 is 43.3 Å². The van der Waals surface area contributed by atoms with Crippen LogP contribution in [0.15, 0.2) is 11.6 Å². The Morgan fingerprint density at radius 3 is 2.35 bits per heavy atom. The van der Waals surface area contributed by atoms with Crippen LogP contribution in [0.4, 0.5) is 0 Å². The topological polar surface area (TPSA) is 153 Å². The molecule has 0 aromatic heterocycles. The number of fused-ring (bicyclic) bond motifs is 5. The summed E-state index contributed by atoms with van der Waals surface area (Å²) in [4.78, 5) is 74.6. The molecule has 4 aliphatic carbocycles. The van der Waals surface area contributed by atoms with E-state index in [9.17, 15) is 33.9 Å². The second-order valence-electron chi connectivity index (χ2n) is 14.1. The Morgan fingerprint density at radius 1 is 1.00 bits per heavy atom. The molecule has 10 heteroatoms. The first kappa shape index (κ1) is 32.9. The molecular weight excluding hydrogens is 554 g/mol. The van der Waals surface area contributed by atoms with E-state index in [4.69, 9.17) is 9.47 Å². The van der Waals surface area contributed by atoms with Crippen molar-refractivity contribution in [3.63, 3.8) is 0 Å². The zero-order valence-electron chi connectivity index (χ0n) is 26.2. The smallest absolute Gasteiger partial charge is 0.326 e. The van der Waals surface area contributed by atoms with E-state index < -0.39 is 53.3 Å². The van der Waals surface area contributed by atoms with Crippen LogP contribution < -0.4 is 5.32 Å². The minimum absolute atomic E-state index is 0.0318. The predicted molar refractivity (Wildman–Crippen MR) is 155 cm³/mol. The molecule has 4 aliphatic rings. The number of allylic oxidation sites excluding steroid dienone is 1. The highest BCUT2D eigenvalue weighted by atomic mass is 16.6. The van der Waals surface area contributed by atoms with E-state index in [0.717, 1.165) is 32.1 Å². The van der Waals surface area contributed by atoms with Gasteiger partial charge in [0, 0.05) is 25.2 Å². The highest BCUT2D eigenvalue weighted by molar-refractivity contribution is 5.94. The van der Waals surface area contributed by atoms with E-state index in [1.807, 2.05) is 26.8 Å². The summed E-state index contributed by atoms with van der Waals surface area (Å²) in [6.45, 7) is 8.75. The van der Waals surface area contributed by atoms with Gasteiger partial charge in [0.05, 0.1) is 6.42 Å². The normalized spacial score (nSPS) is 33.8. The van der Waals surface area contributed by atoms with Gasteiger partial charge in [-0.2, -0.15) is 0 Å². The van der Waals surface area contributed by atoms with E-state index in [1.54, 1.807) is 0 Å². The van der Waals surface area contributed by atoms with Crippen LogP contribution in [-0.4, -0.2) is 58.7 Å². The predicted octanol–water partition coefficient (Wildman–Crippen LogP) is 4.33. The minimum atomic E-state index is -1.41. The van der Waals surface area contributed by atoms with Crippen LogP contribution in [0.3, 0.4) is 0 Å². The number of hydrogen-bond acceptors (Lipinski definition) is 8. The van der Waals surface area contributed by atoms with Gasteiger partial charge in [-0.3, -0.25) is 24.0 Å². The Bertz CT molecular complexity index is 1210. The molecule has 43 heavy (non-hydrogen) atoms. The number of carboxylic acid groups (broad SMARTS) is 1. The summed E-state index contributed by atoms with van der Waals surface area (Å²) < 4.78 is 11.2. The van der Waals surface area contributed by atoms with Crippen LogP contribution in [0, 0.1) is 34.5 Å². The van der Waals surface area contributed by atoms with Crippen molar-refractivity contribution in [3.05, 3.63) is 11.6 Å². The number of ether oxygens (including phenoxy) is 2. The van der Waals surface area contributed by atoms with Crippen LogP contribution in [0.5, 0.6) is 0 Å². The van der Waals surface area contributed by atoms with Crippen molar-refractivity contribution in [1.82, 2.24) is 5.32 Å². The molecule has 3 saturated carbocycles. The van der Waals surface area contributed by atoms with Gasteiger partial charge in [-0.1, -0.05) is 33.3 Å². The Hall–Kier alpha value is -3.04. The molecule has 3 fully saturated rings. The van der Waals surface area contributed by atoms with Crippen molar-refractivity contribution >= 4 is 35.4 Å². The number of ketones is 2. The number of rotatable bonds is 11. The average Bonchev–Trinajstić information content (AvgIpc) is 3.22. The number of Topliss-reactive ketones (excluding diaryl/α,β-unsaturated/α-hetero) is 1. The van der Waals surface area contributed by atoms with Gasteiger partial charge in [0.1, 0.15) is 6.04 Å². The summed E-state index contributed by atoms with van der Waals surface area (Å²) >= 11 is 0. The van der Waals surface area contributed by atoms with Gasteiger partial charge in [0.25, 0.3) is 0 Å². The Balaban J connectivity index is 1.42. The molecule has 1 amide bonds. The first-order valence-corrected chi connectivity index (χ1v) is 15.8. The number of hydrogen-bond donors (Lipinski definition) is 2. The molecule has 10 nitrogen and oxygen atoms in total. The quantitative estimate of drug-likeness (QED) is 0.330. The maximum absolute atomic E-state index is 13.9. The van der Waals surface area contributed by atoms with E-state index in [-0.39, 0.29) is 42.3 Å². The molecule has 7 atom stereocenters. The van der Waals surface area contributed by atoms with Gasteiger partial charge in [-0.05, 0) is 86.5 Å². The van der Waals surface area contributed by atoms with E-state index in [1.165, 1.54) is 12.5 Å². The molecule has 0 aromatic carbocycles. The highest BCUT2D eigenvalue weighted by Gasteiger charge is 2.68. The lowest BCUT2D eigenvalue weighted by Crippen LogP contribution is -2.59. The Kier molecular flexibility index (Phi) is 9.57. The molecule has 0 spiro atoms. The summed E-state index contributed by atoms with van der Waals surface area (Å²) in [5.41, 5.74) is -0.798. The molecular formula is C33H47NO9. The number of carbonyl (C=O) groups is 6. The fourth-order valence-electron chi connectivity index (χ4n) is 9.00. The molecule has 4 rings (SSSR count). The summed E-state index contributed by atoms with van der Waals surface area (Å²) in [5, 5.41) is 11.8.